The molecule has 1 aromatic carbocycles. The number of benzene rings is 1. The van der Waals surface area contributed by atoms with Gasteiger partial charge in [-0.15, -0.1) is 0 Å². The predicted molar refractivity (Wildman–Crippen MR) is 106 cm³/mol. The normalized spacial score (nSPS) is 12.5. The van der Waals surface area contributed by atoms with Crippen LogP contribution in [0.3, 0.4) is 0 Å². The third-order valence-corrected chi connectivity index (χ3v) is 4.80. The van der Waals surface area contributed by atoms with Gasteiger partial charge in [0.25, 0.3) is 5.56 Å². The van der Waals surface area contributed by atoms with Gasteiger partial charge in [-0.05, 0) is 19.7 Å². The van der Waals surface area contributed by atoms with E-state index in [1.165, 1.54) is 17.9 Å². The van der Waals surface area contributed by atoms with E-state index in [4.69, 9.17) is 0 Å². The van der Waals surface area contributed by atoms with Gasteiger partial charge in [0.2, 0.25) is 5.91 Å². The zero-order valence-electron chi connectivity index (χ0n) is 16.4. The van der Waals surface area contributed by atoms with Crippen molar-refractivity contribution in [3.05, 3.63) is 63.1 Å². The molecule has 1 N–H and O–H groups in total. The van der Waals surface area contributed by atoms with Crippen molar-refractivity contribution in [2.75, 3.05) is 20.6 Å². The minimum absolute atomic E-state index is 0.0238. The average Bonchev–Trinajstić information content (AvgIpc) is 3.06. The fourth-order valence-corrected chi connectivity index (χ4v) is 3.22. The van der Waals surface area contributed by atoms with Gasteiger partial charge in [0, 0.05) is 20.6 Å². The topological polar surface area (TPSA) is 94.2 Å². The van der Waals surface area contributed by atoms with Crippen LogP contribution in [0.2, 0.25) is 0 Å². The Labute approximate surface area is 161 Å². The fourth-order valence-electron chi connectivity index (χ4n) is 3.22. The second kappa shape index (κ2) is 7.81. The molecule has 0 aliphatic heterocycles. The van der Waals surface area contributed by atoms with E-state index >= 15 is 0 Å². The second-order valence-corrected chi connectivity index (χ2v) is 6.95. The summed E-state index contributed by atoms with van der Waals surface area (Å²) >= 11 is 0. The quantitative estimate of drug-likeness (QED) is 0.638. The Morgan fingerprint density at radius 1 is 1.18 bits per heavy atom. The molecule has 3 aromatic rings. The lowest BCUT2D eigenvalue weighted by molar-refractivity contribution is -0.122. The first-order valence-electron chi connectivity index (χ1n) is 8.90. The van der Waals surface area contributed by atoms with Gasteiger partial charge in [-0.25, -0.2) is 14.3 Å². The highest BCUT2D eigenvalue weighted by Crippen LogP contribution is 2.16. The number of aromatic nitrogens is 4. The highest BCUT2D eigenvalue weighted by Gasteiger charge is 2.19. The minimum atomic E-state index is -0.571. The third-order valence-electron chi connectivity index (χ3n) is 4.80. The summed E-state index contributed by atoms with van der Waals surface area (Å²) in [7, 11) is 7.07. The summed E-state index contributed by atoms with van der Waals surface area (Å²) in [6.07, 6.45) is 1.47. The van der Waals surface area contributed by atoms with Gasteiger partial charge in [0.15, 0.2) is 11.2 Å². The molecule has 3 rings (SSSR count). The van der Waals surface area contributed by atoms with E-state index in [2.05, 4.69) is 10.3 Å². The largest absolute Gasteiger partial charge is 0.353 e. The smallest absolute Gasteiger partial charge is 0.332 e. The molecule has 1 amide bonds. The first-order valence-corrected chi connectivity index (χ1v) is 8.90. The van der Waals surface area contributed by atoms with E-state index in [1.807, 2.05) is 49.3 Å². The Bertz CT molecular complexity index is 1110. The number of rotatable bonds is 6. The maximum Gasteiger partial charge on any atom is 0.332 e. The lowest BCUT2D eigenvalue weighted by atomic mass is 10.1. The van der Waals surface area contributed by atoms with E-state index in [9.17, 15) is 14.4 Å². The molecule has 0 aliphatic rings. The van der Waals surface area contributed by atoms with Crippen LogP contribution in [0.4, 0.5) is 0 Å². The molecule has 0 spiro atoms. The summed E-state index contributed by atoms with van der Waals surface area (Å²) in [5, 5.41) is 2.83. The number of carbonyl (C=O) groups is 1. The minimum Gasteiger partial charge on any atom is -0.353 e. The molecular formula is C19H24N6O3. The van der Waals surface area contributed by atoms with E-state index in [-0.39, 0.29) is 18.1 Å². The Morgan fingerprint density at radius 3 is 2.50 bits per heavy atom. The van der Waals surface area contributed by atoms with Crippen LogP contribution in [-0.4, -0.2) is 50.1 Å². The van der Waals surface area contributed by atoms with Crippen molar-refractivity contribution in [3.8, 4) is 0 Å². The fraction of sp³-hybridized carbons (Fsp3) is 0.368. The van der Waals surface area contributed by atoms with E-state index < -0.39 is 17.2 Å². The second-order valence-electron chi connectivity index (χ2n) is 6.95. The van der Waals surface area contributed by atoms with Crippen LogP contribution < -0.4 is 16.6 Å². The monoisotopic (exact) mass is 384 g/mol. The van der Waals surface area contributed by atoms with Gasteiger partial charge < -0.3 is 14.8 Å². The zero-order valence-corrected chi connectivity index (χ0v) is 16.4. The third kappa shape index (κ3) is 3.61. The molecule has 0 aliphatic carbocycles. The summed E-state index contributed by atoms with van der Waals surface area (Å²) in [5.41, 5.74) is 0.549. The van der Waals surface area contributed by atoms with E-state index in [0.29, 0.717) is 12.2 Å². The molecule has 9 heteroatoms. The maximum absolute atomic E-state index is 12.7. The molecule has 0 radical (unpaired) electrons. The number of amides is 1. The molecule has 0 fully saturated rings. The summed E-state index contributed by atoms with van der Waals surface area (Å²) in [4.78, 5) is 43.8. The van der Waals surface area contributed by atoms with Gasteiger partial charge in [-0.2, -0.15) is 0 Å². The molecule has 148 valence electrons. The number of hydrogen-bond acceptors (Lipinski definition) is 5. The summed E-state index contributed by atoms with van der Waals surface area (Å²) in [6.45, 7) is 0.0143. The standard InChI is InChI=1S/C19H24N6O3/c1-22(2)14(13-8-6-5-7-9-13)10-20-15(26)11-25-18(27)16-17(21-12-23(16)3)24(4)19(25)28/h5-9,12,14H,10-11H2,1-4H3,(H,20,26). The first-order chi connectivity index (χ1) is 13.3. The van der Waals surface area contributed by atoms with E-state index in [1.54, 1.807) is 11.6 Å². The predicted octanol–water partition coefficient (Wildman–Crippen LogP) is -0.147. The van der Waals surface area contributed by atoms with E-state index in [0.717, 1.165) is 10.1 Å². The lowest BCUT2D eigenvalue weighted by Gasteiger charge is -2.25. The Morgan fingerprint density at radius 2 is 1.86 bits per heavy atom. The molecule has 1 atom stereocenters. The van der Waals surface area contributed by atoms with Crippen molar-refractivity contribution in [2.45, 2.75) is 12.6 Å². The molecular weight excluding hydrogens is 360 g/mol. The Kier molecular flexibility index (Phi) is 5.46. The summed E-state index contributed by atoms with van der Waals surface area (Å²) < 4.78 is 3.76. The molecule has 0 bridgehead atoms. The van der Waals surface area contributed by atoms with Crippen molar-refractivity contribution in [1.29, 1.82) is 0 Å². The van der Waals surface area contributed by atoms with Crippen LogP contribution in [-0.2, 0) is 25.4 Å². The molecule has 0 saturated heterocycles. The zero-order chi connectivity index (χ0) is 20.4. The molecule has 9 nitrogen and oxygen atoms in total. The van der Waals surface area contributed by atoms with Crippen LogP contribution in [0.15, 0.2) is 46.2 Å². The molecule has 0 saturated carbocycles. The molecule has 2 heterocycles. The van der Waals surface area contributed by atoms with Gasteiger partial charge in [0.1, 0.15) is 6.54 Å². The molecule has 28 heavy (non-hydrogen) atoms. The van der Waals surface area contributed by atoms with Crippen LogP contribution in [0.25, 0.3) is 11.2 Å². The number of nitrogens with zero attached hydrogens (tertiary/aromatic N) is 5. The lowest BCUT2D eigenvalue weighted by Crippen LogP contribution is -2.44. The average molecular weight is 384 g/mol. The SMILES string of the molecule is CN(C)C(CNC(=O)Cn1c(=O)c2c(ncn2C)n(C)c1=O)c1ccccc1. The number of fused-ring (bicyclic) bond motifs is 1. The van der Waals surface area contributed by atoms with Crippen molar-refractivity contribution < 1.29 is 4.79 Å². The first kappa shape index (κ1) is 19.6. The highest BCUT2D eigenvalue weighted by molar-refractivity contribution is 5.76. The van der Waals surface area contributed by atoms with Crippen molar-refractivity contribution in [1.82, 2.24) is 28.9 Å². The number of imidazole rings is 1. The van der Waals surface area contributed by atoms with Gasteiger partial charge in [-0.1, -0.05) is 30.3 Å². The van der Waals surface area contributed by atoms with Crippen LogP contribution in [0.5, 0.6) is 0 Å². The number of carbonyl (C=O) groups excluding carboxylic acids is 1. The van der Waals surface area contributed by atoms with Crippen LogP contribution in [0, 0.1) is 0 Å². The van der Waals surface area contributed by atoms with Crippen molar-refractivity contribution in [2.24, 2.45) is 14.1 Å². The van der Waals surface area contributed by atoms with Gasteiger partial charge >= 0.3 is 5.69 Å². The maximum atomic E-state index is 12.7. The van der Waals surface area contributed by atoms with Crippen LogP contribution >= 0.6 is 0 Å². The Hall–Kier alpha value is -3.20. The molecule has 2 aromatic heterocycles. The number of likely N-dealkylation sites (N-methyl/N-ethyl adjacent to an activating group) is 1. The van der Waals surface area contributed by atoms with Gasteiger partial charge in [-0.3, -0.25) is 14.2 Å². The van der Waals surface area contributed by atoms with Gasteiger partial charge in [0.05, 0.1) is 12.4 Å². The Balaban J connectivity index is 1.81. The number of nitrogens with one attached hydrogen (secondary N) is 1. The van der Waals surface area contributed by atoms with Crippen molar-refractivity contribution in [3.63, 3.8) is 0 Å². The summed E-state index contributed by atoms with van der Waals surface area (Å²) in [5.74, 6) is -0.400. The number of aryl methyl sites for hydroxylation is 2. The molecule has 1 unspecified atom stereocenters. The van der Waals surface area contributed by atoms with Crippen molar-refractivity contribution >= 4 is 17.1 Å². The highest BCUT2D eigenvalue weighted by atomic mass is 16.2. The summed E-state index contributed by atoms with van der Waals surface area (Å²) in [6, 6.07) is 9.79. The van der Waals surface area contributed by atoms with Crippen LogP contribution in [0.1, 0.15) is 11.6 Å². The number of hydrogen-bond donors (Lipinski definition) is 1.